The third kappa shape index (κ3) is 3.97. The maximum Gasteiger partial charge on any atom is 0.209 e. The molecule has 1 aromatic rings. The van der Waals surface area contributed by atoms with Crippen LogP contribution in [-0.4, -0.2) is 38.1 Å². The van der Waals surface area contributed by atoms with Crippen LogP contribution in [0.15, 0.2) is 46.4 Å². The third-order valence-corrected chi connectivity index (χ3v) is 3.61. The fourth-order valence-corrected chi connectivity index (χ4v) is 2.41. The standard InChI is InChI=1S/C18H24N2O2/c1-13(2)16-18(22-4)19-15(17(20-16)21-3)12-8-11-14-9-6-5-7-10-14/h5-11,13,15-16H,12H2,1-4H3/b11-8+/t15-,16+/m1/s1. The van der Waals surface area contributed by atoms with Gasteiger partial charge in [-0.05, 0) is 17.9 Å². The zero-order valence-electron chi connectivity index (χ0n) is 13.7. The molecule has 118 valence electrons. The summed E-state index contributed by atoms with van der Waals surface area (Å²) in [5.74, 6) is 1.69. The number of rotatable bonds is 4. The lowest BCUT2D eigenvalue weighted by Gasteiger charge is -2.26. The minimum Gasteiger partial charge on any atom is -0.483 e. The van der Waals surface area contributed by atoms with Gasteiger partial charge in [0, 0.05) is 0 Å². The first-order valence-electron chi connectivity index (χ1n) is 7.60. The van der Waals surface area contributed by atoms with Gasteiger partial charge in [0.25, 0.3) is 0 Å². The maximum atomic E-state index is 5.43. The third-order valence-electron chi connectivity index (χ3n) is 3.61. The van der Waals surface area contributed by atoms with Gasteiger partial charge in [0.15, 0.2) is 0 Å². The number of aliphatic imine (C=N–C) groups is 2. The van der Waals surface area contributed by atoms with Crippen LogP contribution >= 0.6 is 0 Å². The lowest BCUT2D eigenvalue weighted by molar-refractivity contribution is 0.333. The van der Waals surface area contributed by atoms with Gasteiger partial charge in [-0.25, -0.2) is 9.98 Å². The van der Waals surface area contributed by atoms with Gasteiger partial charge in [-0.2, -0.15) is 0 Å². The van der Waals surface area contributed by atoms with E-state index in [9.17, 15) is 0 Å². The summed E-state index contributed by atoms with van der Waals surface area (Å²) in [4.78, 5) is 9.34. The highest BCUT2D eigenvalue weighted by Crippen LogP contribution is 2.19. The van der Waals surface area contributed by atoms with Crippen molar-refractivity contribution in [3.8, 4) is 0 Å². The molecule has 0 N–H and O–H groups in total. The fourth-order valence-electron chi connectivity index (χ4n) is 2.41. The van der Waals surface area contributed by atoms with Crippen molar-refractivity contribution in [3.63, 3.8) is 0 Å². The highest BCUT2D eigenvalue weighted by atomic mass is 16.5. The molecule has 0 aromatic heterocycles. The van der Waals surface area contributed by atoms with E-state index in [1.165, 1.54) is 5.56 Å². The summed E-state index contributed by atoms with van der Waals surface area (Å²) in [6.07, 6.45) is 4.92. The van der Waals surface area contributed by atoms with E-state index >= 15 is 0 Å². The van der Waals surface area contributed by atoms with Crippen molar-refractivity contribution in [3.05, 3.63) is 42.0 Å². The van der Waals surface area contributed by atoms with Crippen molar-refractivity contribution >= 4 is 17.9 Å². The van der Waals surface area contributed by atoms with Crippen LogP contribution in [0.2, 0.25) is 0 Å². The Morgan fingerprint density at radius 1 is 1.05 bits per heavy atom. The summed E-state index contributed by atoms with van der Waals surface area (Å²) in [5.41, 5.74) is 1.17. The van der Waals surface area contributed by atoms with Crippen molar-refractivity contribution in [1.29, 1.82) is 0 Å². The van der Waals surface area contributed by atoms with E-state index in [1.54, 1.807) is 14.2 Å². The van der Waals surface area contributed by atoms with Crippen LogP contribution in [0, 0.1) is 5.92 Å². The quantitative estimate of drug-likeness (QED) is 0.853. The van der Waals surface area contributed by atoms with Crippen LogP contribution < -0.4 is 0 Å². The van der Waals surface area contributed by atoms with Crippen LogP contribution in [0.1, 0.15) is 25.8 Å². The monoisotopic (exact) mass is 300 g/mol. The molecular formula is C18H24N2O2. The van der Waals surface area contributed by atoms with E-state index in [2.05, 4.69) is 48.1 Å². The second-order valence-corrected chi connectivity index (χ2v) is 5.60. The average Bonchev–Trinajstić information content (AvgIpc) is 2.55. The Morgan fingerprint density at radius 3 is 2.32 bits per heavy atom. The lowest BCUT2D eigenvalue weighted by atomic mass is 10.0. The molecule has 1 heterocycles. The Kier molecular flexibility index (Phi) is 5.75. The van der Waals surface area contributed by atoms with Gasteiger partial charge in [-0.15, -0.1) is 0 Å². The molecule has 0 saturated heterocycles. The summed E-state index contributed by atoms with van der Waals surface area (Å²) >= 11 is 0. The van der Waals surface area contributed by atoms with Crippen molar-refractivity contribution < 1.29 is 9.47 Å². The number of hydrogen-bond acceptors (Lipinski definition) is 4. The highest BCUT2D eigenvalue weighted by Gasteiger charge is 2.30. The SMILES string of the molecule is COC1=N[C@H](C/C=C/c2ccccc2)C(OC)=N[C@H]1C(C)C. The normalized spacial score (nSPS) is 21.7. The van der Waals surface area contributed by atoms with E-state index in [-0.39, 0.29) is 12.1 Å². The van der Waals surface area contributed by atoms with Crippen molar-refractivity contribution in [2.45, 2.75) is 32.4 Å². The summed E-state index contributed by atoms with van der Waals surface area (Å²) in [5, 5.41) is 0. The molecule has 1 aliphatic rings. The molecule has 2 rings (SSSR count). The van der Waals surface area contributed by atoms with E-state index in [0.717, 1.165) is 6.42 Å². The maximum absolute atomic E-state index is 5.43. The molecule has 0 bridgehead atoms. The van der Waals surface area contributed by atoms with Gasteiger partial charge < -0.3 is 9.47 Å². The van der Waals surface area contributed by atoms with Crippen molar-refractivity contribution in [1.82, 2.24) is 0 Å². The zero-order valence-corrected chi connectivity index (χ0v) is 13.7. The van der Waals surface area contributed by atoms with Crippen LogP contribution in [0.25, 0.3) is 6.08 Å². The molecule has 0 radical (unpaired) electrons. The van der Waals surface area contributed by atoms with Gasteiger partial charge in [-0.3, -0.25) is 0 Å². The topological polar surface area (TPSA) is 43.2 Å². The Labute approximate surface area is 132 Å². The first-order valence-corrected chi connectivity index (χ1v) is 7.60. The molecule has 0 spiro atoms. The zero-order chi connectivity index (χ0) is 15.9. The van der Waals surface area contributed by atoms with Crippen LogP contribution in [0.4, 0.5) is 0 Å². The molecule has 22 heavy (non-hydrogen) atoms. The van der Waals surface area contributed by atoms with Crippen LogP contribution in [-0.2, 0) is 9.47 Å². The fraction of sp³-hybridized carbons (Fsp3) is 0.444. The molecule has 1 aromatic carbocycles. The first-order chi connectivity index (χ1) is 10.7. The molecule has 0 fully saturated rings. The Hall–Kier alpha value is -2.10. The van der Waals surface area contributed by atoms with Gasteiger partial charge in [0.2, 0.25) is 11.8 Å². The van der Waals surface area contributed by atoms with Crippen molar-refractivity contribution in [2.24, 2.45) is 15.9 Å². The van der Waals surface area contributed by atoms with E-state index < -0.39 is 0 Å². The smallest absolute Gasteiger partial charge is 0.209 e. The number of methoxy groups -OCH3 is 2. The second-order valence-electron chi connectivity index (χ2n) is 5.60. The summed E-state index contributed by atoms with van der Waals surface area (Å²) < 4.78 is 10.8. The second kappa shape index (κ2) is 7.78. The summed E-state index contributed by atoms with van der Waals surface area (Å²) in [6.45, 7) is 4.21. The number of benzene rings is 1. The predicted octanol–water partition coefficient (Wildman–Crippen LogP) is 3.59. The van der Waals surface area contributed by atoms with Crippen molar-refractivity contribution in [2.75, 3.05) is 14.2 Å². The number of hydrogen-bond donors (Lipinski definition) is 0. The van der Waals surface area contributed by atoms with Crippen LogP contribution in [0.5, 0.6) is 0 Å². The largest absolute Gasteiger partial charge is 0.483 e. The van der Waals surface area contributed by atoms with Gasteiger partial charge >= 0.3 is 0 Å². The first kappa shape index (κ1) is 16.3. The van der Waals surface area contributed by atoms with Crippen LogP contribution in [0.3, 0.4) is 0 Å². The number of nitrogens with zero attached hydrogens (tertiary/aromatic N) is 2. The van der Waals surface area contributed by atoms with E-state index in [1.807, 2.05) is 18.2 Å². The minimum absolute atomic E-state index is 0.0608. The molecule has 0 unspecified atom stereocenters. The summed E-state index contributed by atoms with van der Waals surface area (Å²) in [7, 11) is 3.30. The average molecular weight is 300 g/mol. The molecule has 1 aliphatic heterocycles. The van der Waals surface area contributed by atoms with E-state index in [0.29, 0.717) is 17.7 Å². The van der Waals surface area contributed by atoms with E-state index in [4.69, 9.17) is 9.47 Å². The predicted molar refractivity (Wildman–Crippen MR) is 91.4 cm³/mol. The van der Waals surface area contributed by atoms with Gasteiger partial charge in [0.1, 0.15) is 12.1 Å². The molecule has 2 atom stereocenters. The number of ether oxygens (including phenoxy) is 2. The highest BCUT2D eigenvalue weighted by molar-refractivity contribution is 5.94. The summed E-state index contributed by atoms with van der Waals surface area (Å²) in [6, 6.07) is 10.0. The molecule has 4 nitrogen and oxygen atoms in total. The minimum atomic E-state index is -0.116. The molecule has 0 aliphatic carbocycles. The van der Waals surface area contributed by atoms with Gasteiger partial charge in [0.05, 0.1) is 14.2 Å². The molecular weight excluding hydrogens is 276 g/mol. The molecule has 4 heteroatoms. The Morgan fingerprint density at radius 2 is 1.73 bits per heavy atom. The van der Waals surface area contributed by atoms with Gasteiger partial charge in [-0.1, -0.05) is 56.3 Å². The molecule has 0 amide bonds. The Bertz CT molecular complexity index is 562. The molecule has 0 saturated carbocycles. The Balaban J connectivity index is 2.10. The lowest BCUT2D eigenvalue weighted by Crippen LogP contribution is -2.37.